The molecule has 0 radical (unpaired) electrons. The predicted molar refractivity (Wildman–Crippen MR) is 278 cm³/mol. The quantitative estimate of drug-likeness (QED) is 0.0321. The van der Waals surface area contributed by atoms with E-state index < -0.39 is 18.2 Å². The number of allylic oxidation sites excluding steroid dienone is 2. The van der Waals surface area contributed by atoms with Crippen molar-refractivity contribution in [2.75, 3.05) is 6.61 Å². The van der Waals surface area contributed by atoms with Crippen molar-refractivity contribution >= 4 is 11.9 Å². The number of esters is 1. The number of hydrogen-bond donors (Lipinski definition) is 3. The molecule has 0 saturated carbocycles. The number of aliphatic hydroxyl groups excluding tert-OH is 2. The van der Waals surface area contributed by atoms with Gasteiger partial charge in [-0.3, -0.25) is 9.59 Å². The zero-order valence-corrected chi connectivity index (χ0v) is 43.4. The van der Waals surface area contributed by atoms with Gasteiger partial charge in [0.05, 0.1) is 25.2 Å². The van der Waals surface area contributed by atoms with Gasteiger partial charge < -0.3 is 20.3 Å². The van der Waals surface area contributed by atoms with Crippen LogP contribution in [0.3, 0.4) is 0 Å². The Bertz CT molecular complexity index is 970. The molecule has 0 saturated heterocycles. The molecule has 380 valence electrons. The predicted octanol–water partition coefficient (Wildman–Crippen LogP) is 17.7. The van der Waals surface area contributed by atoms with Crippen molar-refractivity contribution in [3.05, 3.63) is 12.2 Å². The van der Waals surface area contributed by atoms with Crippen molar-refractivity contribution in [1.82, 2.24) is 5.32 Å². The third-order valence-electron chi connectivity index (χ3n) is 13.6. The minimum absolute atomic E-state index is 0.0819. The van der Waals surface area contributed by atoms with Gasteiger partial charge in [-0.25, -0.2) is 0 Å². The van der Waals surface area contributed by atoms with Gasteiger partial charge in [0.1, 0.15) is 6.10 Å². The second-order valence-corrected chi connectivity index (χ2v) is 20.1. The molecular formula is C58H113NO5. The largest absolute Gasteiger partial charge is 0.462 e. The van der Waals surface area contributed by atoms with E-state index in [1.807, 2.05) is 0 Å². The molecule has 0 aromatic heterocycles. The lowest BCUT2D eigenvalue weighted by molar-refractivity contribution is -0.151. The highest BCUT2D eigenvalue weighted by molar-refractivity contribution is 5.77. The highest BCUT2D eigenvalue weighted by atomic mass is 16.5. The van der Waals surface area contributed by atoms with Crippen LogP contribution in [-0.4, -0.2) is 46.9 Å². The number of carbonyl (C=O) groups is 2. The van der Waals surface area contributed by atoms with Gasteiger partial charge in [-0.2, -0.15) is 0 Å². The molecule has 0 spiro atoms. The van der Waals surface area contributed by atoms with E-state index in [2.05, 4.69) is 38.2 Å². The topological polar surface area (TPSA) is 95.9 Å². The minimum atomic E-state index is -0.784. The molecule has 0 heterocycles. The van der Waals surface area contributed by atoms with Crippen LogP contribution in [0.15, 0.2) is 12.2 Å². The summed E-state index contributed by atoms with van der Waals surface area (Å²) in [4.78, 5) is 26.2. The monoisotopic (exact) mass is 904 g/mol. The van der Waals surface area contributed by atoms with Crippen LogP contribution in [0.4, 0.5) is 0 Å². The van der Waals surface area contributed by atoms with Crippen LogP contribution >= 0.6 is 0 Å². The summed E-state index contributed by atoms with van der Waals surface area (Å²) >= 11 is 0. The molecule has 0 bridgehead atoms. The van der Waals surface area contributed by atoms with Gasteiger partial charge in [0.15, 0.2) is 0 Å². The Kier molecular flexibility index (Phi) is 51.4. The average molecular weight is 905 g/mol. The maximum atomic E-state index is 13.2. The Morgan fingerprint density at radius 2 is 0.750 bits per heavy atom. The first kappa shape index (κ1) is 62.6. The summed E-state index contributed by atoms with van der Waals surface area (Å²) in [6.07, 6.45) is 59.9. The number of ether oxygens (including phenoxy) is 1. The van der Waals surface area contributed by atoms with Gasteiger partial charge in [-0.1, -0.05) is 270 Å². The third kappa shape index (κ3) is 47.1. The fourth-order valence-corrected chi connectivity index (χ4v) is 9.19. The van der Waals surface area contributed by atoms with Crippen molar-refractivity contribution in [3.8, 4) is 0 Å². The second-order valence-electron chi connectivity index (χ2n) is 20.1. The SMILES string of the molecule is CCCCCCCCC/C=C/CCCCCCCC(=O)OC(CCCCCCCCCCCCCC)CC(=O)NC(CO)C(O)CCCCCCCCCCCCCCCCCCC. The number of nitrogens with one attached hydrogen (secondary N) is 1. The lowest BCUT2D eigenvalue weighted by Gasteiger charge is -2.24. The van der Waals surface area contributed by atoms with Gasteiger partial charge >= 0.3 is 5.97 Å². The van der Waals surface area contributed by atoms with Crippen molar-refractivity contribution in [2.45, 2.75) is 341 Å². The van der Waals surface area contributed by atoms with E-state index in [9.17, 15) is 19.8 Å². The number of carbonyl (C=O) groups excluding carboxylic acids is 2. The molecule has 0 aliphatic carbocycles. The smallest absolute Gasteiger partial charge is 0.306 e. The van der Waals surface area contributed by atoms with Crippen LogP contribution in [0.5, 0.6) is 0 Å². The first-order chi connectivity index (χ1) is 31.5. The van der Waals surface area contributed by atoms with Gasteiger partial charge in [0.2, 0.25) is 5.91 Å². The normalized spacial score (nSPS) is 13.1. The van der Waals surface area contributed by atoms with Gasteiger partial charge in [0.25, 0.3) is 0 Å². The van der Waals surface area contributed by atoms with E-state index in [4.69, 9.17) is 4.74 Å². The maximum Gasteiger partial charge on any atom is 0.306 e. The number of amides is 1. The van der Waals surface area contributed by atoms with Crippen LogP contribution in [0, 0.1) is 0 Å². The Morgan fingerprint density at radius 3 is 1.11 bits per heavy atom. The molecule has 6 nitrogen and oxygen atoms in total. The molecule has 0 aliphatic rings. The molecule has 0 fully saturated rings. The summed E-state index contributed by atoms with van der Waals surface area (Å²) in [6.45, 7) is 6.52. The standard InChI is InChI=1S/C58H113NO5/c1-4-7-10-13-16-19-22-25-27-29-30-32-35-38-41-44-47-50-56(61)55(53-60)59-57(62)52-54(49-46-43-40-37-34-24-21-18-15-12-9-6-3)64-58(63)51-48-45-42-39-36-33-31-28-26-23-20-17-14-11-8-5-2/h28,31,54-56,60-61H,4-27,29-30,32-53H2,1-3H3,(H,59,62)/b31-28+. The zero-order valence-electron chi connectivity index (χ0n) is 43.4. The van der Waals surface area contributed by atoms with Crippen molar-refractivity contribution in [2.24, 2.45) is 0 Å². The second kappa shape index (κ2) is 52.6. The first-order valence-corrected chi connectivity index (χ1v) is 28.9. The molecule has 3 N–H and O–H groups in total. The number of aliphatic hydroxyl groups is 2. The fourth-order valence-electron chi connectivity index (χ4n) is 9.19. The summed E-state index contributed by atoms with van der Waals surface area (Å²) in [5.41, 5.74) is 0. The molecular weight excluding hydrogens is 791 g/mol. The van der Waals surface area contributed by atoms with Crippen molar-refractivity contribution in [3.63, 3.8) is 0 Å². The molecule has 3 unspecified atom stereocenters. The Morgan fingerprint density at radius 1 is 0.438 bits per heavy atom. The Labute approximate surface area is 399 Å². The van der Waals surface area contributed by atoms with E-state index in [1.54, 1.807) is 0 Å². The van der Waals surface area contributed by atoms with Gasteiger partial charge in [-0.05, 0) is 51.4 Å². The van der Waals surface area contributed by atoms with E-state index in [-0.39, 0.29) is 24.9 Å². The maximum absolute atomic E-state index is 13.2. The van der Waals surface area contributed by atoms with Gasteiger partial charge in [0, 0.05) is 6.42 Å². The van der Waals surface area contributed by atoms with Crippen LogP contribution in [0.2, 0.25) is 0 Å². The minimum Gasteiger partial charge on any atom is -0.462 e. The van der Waals surface area contributed by atoms with Gasteiger partial charge in [-0.15, -0.1) is 0 Å². The molecule has 0 aromatic carbocycles. The molecule has 0 aromatic rings. The van der Waals surface area contributed by atoms with E-state index in [0.717, 1.165) is 51.4 Å². The summed E-state index contributed by atoms with van der Waals surface area (Å²) in [7, 11) is 0. The highest BCUT2D eigenvalue weighted by Gasteiger charge is 2.24. The van der Waals surface area contributed by atoms with Crippen LogP contribution in [0.25, 0.3) is 0 Å². The van der Waals surface area contributed by atoms with Crippen LogP contribution < -0.4 is 5.32 Å². The summed E-state index contributed by atoms with van der Waals surface area (Å²) < 4.78 is 5.95. The molecule has 6 heteroatoms. The van der Waals surface area contributed by atoms with E-state index >= 15 is 0 Å². The van der Waals surface area contributed by atoms with Crippen LogP contribution in [0.1, 0.15) is 323 Å². The molecule has 0 aliphatic heterocycles. The third-order valence-corrected chi connectivity index (χ3v) is 13.6. The molecule has 64 heavy (non-hydrogen) atoms. The summed E-state index contributed by atoms with van der Waals surface area (Å²) in [6, 6.07) is -0.697. The number of unbranched alkanes of at least 4 members (excludes halogenated alkanes) is 39. The number of hydrogen-bond acceptors (Lipinski definition) is 5. The first-order valence-electron chi connectivity index (χ1n) is 28.9. The molecule has 0 rings (SSSR count). The average Bonchev–Trinajstić information content (AvgIpc) is 3.29. The van der Waals surface area contributed by atoms with Crippen molar-refractivity contribution < 1.29 is 24.5 Å². The highest BCUT2D eigenvalue weighted by Crippen LogP contribution is 2.19. The van der Waals surface area contributed by atoms with Crippen LogP contribution in [-0.2, 0) is 14.3 Å². The fraction of sp³-hybridized carbons (Fsp3) is 0.931. The van der Waals surface area contributed by atoms with E-state index in [0.29, 0.717) is 19.3 Å². The number of rotatable bonds is 53. The zero-order chi connectivity index (χ0) is 46.7. The summed E-state index contributed by atoms with van der Waals surface area (Å²) in [5, 5.41) is 23.9. The molecule has 3 atom stereocenters. The summed E-state index contributed by atoms with van der Waals surface area (Å²) in [5.74, 6) is -0.462. The van der Waals surface area contributed by atoms with E-state index in [1.165, 1.54) is 225 Å². The lowest BCUT2D eigenvalue weighted by Crippen LogP contribution is -2.46. The lowest BCUT2D eigenvalue weighted by atomic mass is 10.0. The van der Waals surface area contributed by atoms with Crippen molar-refractivity contribution in [1.29, 1.82) is 0 Å². The Balaban J connectivity index is 4.45. The molecule has 1 amide bonds. The Hall–Kier alpha value is -1.40.